The number of nitrogens with zero attached hydrogens (tertiary/aromatic N) is 1. The summed E-state index contributed by atoms with van der Waals surface area (Å²) in [5, 5.41) is 2.92. The highest BCUT2D eigenvalue weighted by molar-refractivity contribution is 7.85. The van der Waals surface area contributed by atoms with E-state index in [4.69, 9.17) is 5.73 Å². The molecular weight excluding hydrogens is 482 g/mol. The van der Waals surface area contributed by atoms with Crippen LogP contribution < -0.4 is 11.1 Å². The Hall–Kier alpha value is -2.22. The lowest BCUT2D eigenvalue weighted by Crippen LogP contribution is -2.57. The van der Waals surface area contributed by atoms with Crippen LogP contribution in [0.25, 0.3) is 0 Å². The molecule has 2 aliphatic heterocycles. The summed E-state index contributed by atoms with van der Waals surface area (Å²) < 4.78 is 12.7. The Morgan fingerprint density at radius 3 is 2.37 bits per heavy atom. The van der Waals surface area contributed by atoms with Gasteiger partial charge in [-0.2, -0.15) is 0 Å². The van der Waals surface area contributed by atoms with Crippen LogP contribution in [-0.4, -0.2) is 51.3 Å². The summed E-state index contributed by atoms with van der Waals surface area (Å²) in [6, 6.07) is 17.6. The number of fused-ring (bicyclic) bond motifs is 2. The summed E-state index contributed by atoms with van der Waals surface area (Å²) in [7, 11) is -0.980. The normalized spacial score (nSPS) is 19.5. The molecule has 6 nitrogen and oxygen atoms in total. The second-order valence-electron chi connectivity index (χ2n) is 10.2. The summed E-state index contributed by atoms with van der Waals surface area (Å²) in [6.07, 6.45) is 3.77. The van der Waals surface area contributed by atoms with E-state index in [1.54, 1.807) is 13.8 Å². The van der Waals surface area contributed by atoms with Crippen molar-refractivity contribution in [3.8, 4) is 0 Å². The molecule has 35 heavy (non-hydrogen) atoms. The van der Waals surface area contributed by atoms with Gasteiger partial charge < -0.3 is 16.0 Å². The number of rotatable bonds is 7. The van der Waals surface area contributed by atoms with Crippen molar-refractivity contribution < 1.29 is 13.8 Å². The van der Waals surface area contributed by atoms with Crippen LogP contribution in [0.2, 0.25) is 0 Å². The maximum Gasteiger partial charge on any atom is 0.245 e. The Morgan fingerprint density at radius 1 is 1.09 bits per heavy atom. The van der Waals surface area contributed by atoms with Gasteiger partial charge >= 0.3 is 0 Å². The molecule has 8 heteroatoms. The number of hydrogen-bond acceptors (Lipinski definition) is 4. The first kappa shape index (κ1) is 27.4. The Balaban J connectivity index is 0.00000342. The molecule has 1 spiro atoms. The number of likely N-dealkylation sites (tertiary alicyclic amines) is 1. The lowest BCUT2D eigenvalue weighted by atomic mass is 9.74. The highest BCUT2D eigenvalue weighted by Crippen LogP contribution is 2.44. The second-order valence-corrected chi connectivity index (χ2v) is 11.6. The first-order chi connectivity index (χ1) is 16.2. The number of nitrogens with one attached hydrogen (secondary N) is 1. The van der Waals surface area contributed by atoms with Crippen LogP contribution in [-0.2, 0) is 32.2 Å². The molecule has 2 aromatic carbocycles. The van der Waals surface area contributed by atoms with Crippen LogP contribution in [0, 0.1) is 0 Å². The monoisotopic (exact) mass is 517 g/mol. The van der Waals surface area contributed by atoms with Crippen LogP contribution in [0.3, 0.4) is 0 Å². The van der Waals surface area contributed by atoms with Gasteiger partial charge in [0.2, 0.25) is 11.8 Å². The van der Waals surface area contributed by atoms with Crippen molar-refractivity contribution in [2.24, 2.45) is 5.73 Å². The lowest BCUT2D eigenvalue weighted by Gasteiger charge is -2.40. The molecule has 2 aliphatic rings. The van der Waals surface area contributed by atoms with E-state index in [2.05, 4.69) is 23.5 Å². The quantitative estimate of drug-likeness (QED) is 0.589. The molecule has 0 aliphatic carbocycles. The maximum atomic E-state index is 13.5. The Kier molecular flexibility index (Phi) is 8.78. The number of amides is 2. The van der Waals surface area contributed by atoms with E-state index < -0.39 is 22.4 Å². The SMILES string of the molecule is CC(C)(N)C(=O)N[C@H](CCCc1ccccc1)C(=O)N1CCC2(CC1)CS(=O)c1ccccc12.Cl. The largest absolute Gasteiger partial charge is 0.343 e. The van der Waals surface area contributed by atoms with Crippen molar-refractivity contribution in [1.29, 1.82) is 0 Å². The molecule has 3 N–H and O–H groups in total. The van der Waals surface area contributed by atoms with Gasteiger partial charge in [0.1, 0.15) is 6.04 Å². The fourth-order valence-corrected chi connectivity index (χ4v) is 6.92. The van der Waals surface area contributed by atoms with Gasteiger partial charge in [-0.1, -0.05) is 48.5 Å². The summed E-state index contributed by atoms with van der Waals surface area (Å²) >= 11 is 0. The van der Waals surface area contributed by atoms with Crippen molar-refractivity contribution in [3.63, 3.8) is 0 Å². The summed E-state index contributed by atoms with van der Waals surface area (Å²) in [5.41, 5.74) is 7.21. The van der Waals surface area contributed by atoms with E-state index in [0.717, 1.165) is 30.6 Å². The van der Waals surface area contributed by atoms with Gasteiger partial charge in [-0.15, -0.1) is 12.4 Å². The number of piperidine rings is 1. The molecule has 1 saturated heterocycles. The molecule has 4 rings (SSSR count). The summed E-state index contributed by atoms with van der Waals surface area (Å²) in [4.78, 5) is 29.0. The third kappa shape index (κ3) is 6.13. The van der Waals surface area contributed by atoms with E-state index in [-0.39, 0.29) is 29.6 Å². The van der Waals surface area contributed by atoms with Crippen LogP contribution >= 0.6 is 12.4 Å². The van der Waals surface area contributed by atoms with E-state index >= 15 is 0 Å². The average molecular weight is 518 g/mol. The Morgan fingerprint density at radius 2 is 1.71 bits per heavy atom. The fraction of sp³-hybridized carbons (Fsp3) is 0.481. The first-order valence-corrected chi connectivity index (χ1v) is 13.4. The zero-order valence-electron chi connectivity index (χ0n) is 20.5. The van der Waals surface area contributed by atoms with Crippen molar-refractivity contribution >= 4 is 35.0 Å². The van der Waals surface area contributed by atoms with Crippen LogP contribution in [0.5, 0.6) is 0 Å². The fourth-order valence-electron chi connectivity index (χ4n) is 5.06. The number of carbonyl (C=O) groups excluding carboxylic acids is 2. The molecule has 0 bridgehead atoms. The molecule has 0 aromatic heterocycles. The van der Waals surface area contributed by atoms with Crippen molar-refractivity contribution in [2.45, 2.75) is 67.8 Å². The minimum absolute atomic E-state index is 0. The number of benzene rings is 2. The van der Waals surface area contributed by atoms with E-state index in [1.807, 2.05) is 41.3 Å². The maximum absolute atomic E-state index is 13.5. The lowest BCUT2D eigenvalue weighted by molar-refractivity contribution is -0.139. The van der Waals surface area contributed by atoms with Gasteiger partial charge in [0, 0.05) is 29.2 Å². The highest BCUT2D eigenvalue weighted by atomic mass is 35.5. The number of halogens is 1. The molecule has 2 amide bonds. The molecule has 2 atom stereocenters. The van der Waals surface area contributed by atoms with E-state index in [1.165, 1.54) is 11.1 Å². The second kappa shape index (κ2) is 11.2. The first-order valence-electron chi connectivity index (χ1n) is 12.1. The Bertz CT molecular complexity index is 1060. The minimum atomic E-state index is -1.05. The van der Waals surface area contributed by atoms with E-state index in [0.29, 0.717) is 25.3 Å². The third-order valence-corrected chi connectivity index (χ3v) is 8.79. The van der Waals surface area contributed by atoms with Crippen molar-refractivity contribution in [1.82, 2.24) is 10.2 Å². The number of hydrogen-bond donors (Lipinski definition) is 2. The molecule has 1 fully saturated rings. The molecule has 0 saturated carbocycles. The van der Waals surface area contributed by atoms with E-state index in [9.17, 15) is 13.8 Å². The van der Waals surface area contributed by atoms with Gasteiger partial charge in [0.05, 0.1) is 16.3 Å². The van der Waals surface area contributed by atoms with Gasteiger partial charge in [-0.3, -0.25) is 13.8 Å². The zero-order valence-corrected chi connectivity index (χ0v) is 22.1. The number of carbonyl (C=O) groups is 2. The molecule has 0 radical (unpaired) electrons. The summed E-state index contributed by atoms with van der Waals surface area (Å²) in [5.74, 6) is 0.263. The number of aryl methyl sites for hydroxylation is 1. The molecular formula is C27H36ClN3O3S. The van der Waals surface area contributed by atoms with Gasteiger partial charge in [0.15, 0.2) is 0 Å². The van der Waals surface area contributed by atoms with Crippen LogP contribution in [0.1, 0.15) is 50.7 Å². The third-order valence-electron chi connectivity index (χ3n) is 7.13. The van der Waals surface area contributed by atoms with Gasteiger partial charge in [0.25, 0.3) is 0 Å². The minimum Gasteiger partial charge on any atom is -0.343 e. The predicted octanol–water partition coefficient (Wildman–Crippen LogP) is 3.33. The topological polar surface area (TPSA) is 92.5 Å². The molecule has 1 unspecified atom stereocenters. The van der Waals surface area contributed by atoms with Gasteiger partial charge in [-0.25, -0.2) is 0 Å². The van der Waals surface area contributed by atoms with Crippen LogP contribution in [0.4, 0.5) is 0 Å². The average Bonchev–Trinajstić information content (AvgIpc) is 3.10. The van der Waals surface area contributed by atoms with Crippen molar-refractivity contribution in [3.05, 3.63) is 65.7 Å². The Labute approximate surface area is 216 Å². The van der Waals surface area contributed by atoms with Gasteiger partial charge in [-0.05, 0) is 63.1 Å². The molecule has 2 aromatic rings. The number of nitrogens with two attached hydrogens (primary N) is 1. The predicted molar refractivity (Wildman–Crippen MR) is 142 cm³/mol. The molecule has 190 valence electrons. The molecule has 2 heterocycles. The summed E-state index contributed by atoms with van der Waals surface area (Å²) in [6.45, 7) is 4.50. The standard InChI is InChI=1S/C27H35N3O3S.ClH/c1-26(2,28)25(32)29-22(13-8-11-20-9-4-3-5-10-20)24(31)30-17-15-27(16-18-30)19-34(33)23-14-7-6-12-21(23)27;/h3-7,9-10,12,14,22H,8,11,13,15-19,28H2,1-2H3,(H,29,32);1H/t22-,34?;/m1./s1. The highest BCUT2D eigenvalue weighted by Gasteiger charge is 2.45. The smallest absolute Gasteiger partial charge is 0.245 e. The zero-order chi connectivity index (χ0) is 24.3. The van der Waals surface area contributed by atoms with Crippen molar-refractivity contribution in [2.75, 3.05) is 18.8 Å². The van der Waals surface area contributed by atoms with Crippen LogP contribution in [0.15, 0.2) is 59.5 Å².